The Kier molecular flexibility index (Phi) is 7.54. The maximum absolute atomic E-state index is 11.2. The molecule has 0 saturated carbocycles. The average Bonchev–Trinajstić information content (AvgIpc) is 3.36. The number of benzene rings is 3. The summed E-state index contributed by atoms with van der Waals surface area (Å²) in [6, 6.07) is 26.5. The van der Waals surface area contributed by atoms with Gasteiger partial charge < -0.3 is 4.90 Å². The second kappa shape index (κ2) is 10.6. The third kappa shape index (κ3) is 4.77. The van der Waals surface area contributed by atoms with Crippen molar-refractivity contribution in [2.75, 3.05) is 4.90 Å². The van der Waals surface area contributed by atoms with Crippen LogP contribution in [-0.2, 0) is 0 Å². The molecule has 4 rings (SSSR count). The summed E-state index contributed by atoms with van der Waals surface area (Å²) in [6.07, 6.45) is 1.78. The molecule has 1 fully saturated rings. The standard InChI is InChI=1S/C28H33N3O4Si/c1-4-36(5-2,6-3)26-17-15-23(16-18-26)29-27(21-7-11-24(12-8-21)30(32)33)19-20-28(29)22-9-13-25(14-10-22)31(34)35/h7-18,27-28H,4-6,19-20H2,1-3H3/t27-,28-/m0/s1. The van der Waals surface area contributed by atoms with Crippen molar-refractivity contribution in [2.45, 2.75) is 63.8 Å². The molecule has 0 amide bonds. The molecule has 1 saturated heterocycles. The highest BCUT2D eigenvalue weighted by atomic mass is 28.3. The van der Waals surface area contributed by atoms with Gasteiger partial charge in [-0.1, -0.05) is 80.5 Å². The number of nitro benzene ring substituents is 2. The Hall–Kier alpha value is -3.52. The minimum atomic E-state index is -1.50. The number of anilines is 1. The van der Waals surface area contributed by atoms with Crippen molar-refractivity contribution in [3.05, 3.63) is 104 Å². The summed E-state index contributed by atoms with van der Waals surface area (Å²) in [5.74, 6) is 0. The third-order valence-electron chi connectivity index (χ3n) is 8.17. The molecule has 1 heterocycles. The van der Waals surface area contributed by atoms with E-state index in [4.69, 9.17) is 0 Å². The molecule has 188 valence electrons. The van der Waals surface area contributed by atoms with Crippen molar-refractivity contribution in [1.82, 2.24) is 0 Å². The fourth-order valence-corrected chi connectivity index (χ4v) is 9.41. The maximum atomic E-state index is 11.2. The maximum Gasteiger partial charge on any atom is 0.269 e. The quantitative estimate of drug-likeness (QED) is 0.174. The van der Waals surface area contributed by atoms with Crippen molar-refractivity contribution in [1.29, 1.82) is 0 Å². The second-order valence-corrected chi connectivity index (χ2v) is 14.9. The molecule has 3 aromatic rings. The molecule has 1 aliphatic rings. The lowest BCUT2D eigenvalue weighted by molar-refractivity contribution is -0.385. The molecule has 3 aromatic carbocycles. The molecule has 2 atom stereocenters. The summed E-state index contributed by atoms with van der Waals surface area (Å²) in [6.45, 7) is 6.93. The van der Waals surface area contributed by atoms with Gasteiger partial charge in [-0.3, -0.25) is 20.2 Å². The van der Waals surface area contributed by atoms with Crippen LogP contribution in [0.5, 0.6) is 0 Å². The van der Waals surface area contributed by atoms with E-state index in [0.717, 1.165) is 29.7 Å². The minimum Gasteiger partial charge on any atom is -0.357 e. The van der Waals surface area contributed by atoms with E-state index in [-0.39, 0.29) is 33.3 Å². The summed E-state index contributed by atoms with van der Waals surface area (Å²) in [4.78, 5) is 24.0. The summed E-state index contributed by atoms with van der Waals surface area (Å²) < 4.78 is 0. The first-order valence-corrected chi connectivity index (χ1v) is 15.3. The molecule has 0 aliphatic carbocycles. The molecular formula is C28H33N3O4Si. The summed E-state index contributed by atoms with van der Waals surface area (Å²) in [5.41, 5.74) is 3.34. The molecule has 1 aliphatic heterocycles. The van der Waals surface area contributed by atoms with Crippen LogP contribution in [0.1, 0.15) is 56.8 Å². The van der Waals surface area contributed by atoms with Gasteiger partial charge >= 0.3 is 0 Å². The molecule has 36 heavy (non-hydrogen) atoms. The van der Waals surface area contributed by atoms with E-state index in [2.05, 4.69) is 49.9 Å². The van der Waals surface area contributed by atoms with Crippen LogP contribution < -0.4 is 10.1 Å². The molecule has 0 N–H and O–H groups in total. The van der Waals surface area contributed by atoms with E-state index < -0.39 is 8.07 Å². The number of rotatable bonds is 9. The van der Waals surface area contributed by atoms with Gasteiger partial charge in [0.25, 0.3) is 11.4 Å². The van der Waals surface area contributed by atoms with Crippen LogP contribution in [0.2, 0.25) is 18.1 Å². The topological polar surface area (TPSA) is 89.5 Å². The lowest BCUT2D eigenvalue weighted by Gasteiger charge is -2.34. The fourth-order valence-electron chi connectivity index (χ4n) is 5.81. The van der Waals surface area contributed by atoms with Crippen molar-refractivity contribution >= 4 is 30.3 Å². The fraction of sp³-hybridized carbons (Fsp3) is 0.357. The number of hydrogen-bond acceptors (Lipinski definition) is 5. The first-order valence-electron chi connectivity index (χ1n) is 12.7. The van der Waals surface area contributed by atoms with E-state index in [1.165, 1.54) is 23.3 Å². The minimum absolute atomic E-state index is 0.0578. The van der Waals surface area contributed by atoms with Crippen LogP contribution in [-0.4, -0.2) is 17.9 Å². The van der Waals surface area contributed by atoms with Gasteiger partial charge in [-0.05, 0) is 36.1 Å². The Morgan fingerprint density at radius 1 is 0.694 bits per heavy atom. The first-order chi connectivity index (χ1) is 17.3. The Morgan fingerprint density at radius 2 is 1.08 bits per heavy atom. The summed E-state index contributed by atoms with van der Waals surface area (Å²) in [5, 5.41) is 23.8. The van der Waals surface area contributed by atoms with Gasteiger partial charge in [0, 0.05) is 30.0 Å². The van der Waals surface area contributed by atoms with Crippen molar-refractivity contribution in [3.8, 4) is 0 Å². The third-order valence-corrected chi connectivity index (χ3v) is 13.8. The Balaban J connectivity index is 1.74. The Labute approximate surface area is 213 Å². The van der Waals surface area contributed by atoms with Crippen LogP contribution in [0, 0.1) is 20.2 Å². The van der Waals surface area contributed by atoms with Gasteiger partial charge in [0.2, 0.25) is 0 Å². The zero-order chi connectivity index (χ0) is 25.9. The smallest absolute Gasteiger partial charge is 0.269 e. The van der Waals surface area contributed by atoms with Crippen LogP contribution in [0.3, 0.4) is 0 Å². The van der Waals surface area contributed by atoms with Crippen LogP contribution >= 0.6 is 0 Å². The predicted octanol–water partition coefficient (Wildman–Crippen LogP) is 7.30. The molecule has 8 heteroatoms. The normalized spacial score (nSPS) is 17.8. The van der Waals surface area contributed by atoms with Crippen molar-refractivity contribution in [3.63, 3.8) is 0 Å². The summed E-state index contributed by atoms with van der Waals surface area (Å²) in [7, 11) is -1.50. The van der Waals surface area contributed by atoms with Gasteiger partial charge in [0.15, 0.2) is 0 Å². The molecule has 0 bridgehead atoms. The van der Waals surface area contributed by atoms with Gasteiger partial charge in [0.1, 0.15) is 0 Å². The Morgan fingerprint density at radius 3 is 1.42 bits per heavy atom. The van der Waals surface area contributed by atoms with Crippen LogP contribution in [0.25, 0.3) is 0 Å². The van der Waals surface area contributed by atoms with E-state index in [9.17, 15) is 20.2 Å². The lowest BCUT2D eigenvalue weighted by Crippen LogP contribution is -2.45. The van der Waals surface area contributed by atoms with Gasteiger partial charge in [-0.2, -0.15) is 0 Å². The highest BCUT2D eigenvalue weighted by Gasteiger charge is 2.36. The van der Waals surface area contributed by atoms with E-state index in [1.54, 1.807) is 24.3 Å². The largest absolute Gasteiger partial charge is 0.357 e. The number of hydrogen-bond donors (Lipinski definition) is 0. The van der Waals surface area contributed by atoms with Gasteiger partial charge in [-0.25, -0.2) is 0 Å². The van der Waals surface area contributed by atoms with Crippen molar-refractivity contribution < 1.29 is 9.85 Å². The zero-order valence-electron chi connectivity index (χ0n) is 21.1. The van der Waals surface area contributed by atoms with Crippen LogP contribution in [0.15, 0.2) is 72.8 Å². The first kappa shape index (κ1) is 25.6. The monoisotopic (exact) mass is 503 g/mol. The van der Waals surface area contributed by atoms with Gasteiger partial charge in [-0.15, -0.1) is 0 Å². The molecule has 0 aromatic heterocycles. The summed E-state index contributed by atoms with van der Waals surface area (Å²) >= 11 is 0. The van der Waals surface area contributed by atoms with Crippen LogP contribution in [0.4, 0.5) is 17.1 Å². The number of nitrogens with zero attached hydrogens (tertiary/aromatic N) is 3. The molecule has 7 nitrogen and oxygen atoms in total. The van der Waals surface area contributed by atoms with Crippen molar-refractivity contribution in [2.24, 2.45) is 0 Å². The van der Waals surface area contributed by atoms with E-state index in [1.807, 2.05) is 24.3 Å². The van der Waals surface area contributed by atoms with E-state index in [0.29, 0.717) is 0 Å². The Bertz CT molecular complexity index is 1140. The molecular weight excluding hydrogens is 470 g/mol. The lowest BCUT2D eigenvalue weighted by atomic mass is 10.0. The second-order valence-electron chi connectivity index (χ2n) is 9.60. The van der Waals surface area contributed by atoms with E-state index >= 15 is 0 Å². The molecule has 0 spiro atoms. The SMILES string of the molecule is CC[Si](CC)(CC)c1ccc(N2[C@H](c3ccc([N+](=O)[O-])cc3)CC[C@H]2c2ccc([N+](=O)[O-])cc2)cc1. The molecule has 0 unspecified atom stereocenters. The number of non-ortho nitro benzene ring substituents is 2. The highest BCUT2D eigenvalue weighted by molar-refractivity contribution is 6.91. The highest BCUT2D eigenvalue weighted by Crippen LogP contribution is 2.47. The average molecular weight is 504 g/mol. The number of nitro groups is 2. The predicted molar refractivity (Wildman–Crippen MR) is 147 cm³/mol. The zero-order valence-corrected chi connectivity index (χ0v) is 22.1. The molecule has 0 radical (unpaired) electrons. The van der Waals surface area contributed by atoms with Gasteiger partial charge in [0.05, 0.1) is 30.0 Å².